The van der Waals surface area contributed by atoms with Gasteiger partial charge < -0.3 is 20.0 Å². The molecule has 1 aromatic heterocycles. The van der Waals surface area contributed by atoms with Gasteiger partial charge in [0.1, 0.15) is 5.52 Å². The molecule has 26 heavy (non-hydrogen) atoms. The van der Waals surface area contributed by atoms with Crippen molar-refractivity contribution < 1.29 is 9.21 Å². The standard InChI is InChI=1S/C19H27N5O2/c25-18(21-9-14-23-12-7-20-8-13-23)15-5-10-24(11-6-15)19-22-16-3-1-2-4-17(16)26-19/h1-4,15,20H,5-14H2,(H,21,25). The highest BCUT2D eigenvalue weighted by molar-refractivity contribution is 5.79. The minimum atomic E-state index is 0.0960. The molecule has 0 atom stereocenters. The number of hydrogen-bond donors (Lipinski definition) is 2. The van der Waals surface area contributed by atoms with E-state index in [0.29, 0.717) is 6.01 Å². The molecule has 7 heteroatoms. The maximum Gasteiger partial charge on any atom is 0.298 e. The molecule has 0 bridgehead atoms. The SMILES string of the molecule is O=C(NCCN1CCNCC1)C1CCN(c2nc3ccccc3o2)CC1. The molecular weight excluding hydrogens is 330 g/mol. The first-order valence-electron chi connectivity index (χ1n) is 9.61. The minimum absolute atomic E-state index is 0.0960. The average molecular weight is 357 g/mol. The number of para-hydroxylation sites is 2. The van der Waals surface area contributed by atoms with E-state index in [1.54, 1.807) is 0 Å². The molecule has 0 aliphatic carbocycles. The molecule has 0 spiro atoms. The van der Waals surface area contributed by atoms with Crippen LogP contribution < -0.4 is 15.5 Å². The Morgan fingerprint density at radius 2 is 1.96 bits per heavy atom. The van der Waals surface area contributed by atoms with Crippen molar-refractivity contribution in [2.45, 2.75) is 12.8 Å². The van der Waals surface area contributed by atoms with Crippen molar-refractivity contribution in [1.82, 2.24) is 20.5 Å². The van der Waals surface area contributed by atoms with Crippen molar-refractivity contribution in [3.8, 4) is 0 Å². The minimum Gasteiger partial charge on any atom is -0.423 e. The molecule has 0 saturated carbocycles. The summed E-state index contributed by atoms with van der Waals surface area (Å²) in [5.74, 6) is 0.288. The molecule has 2 fully saturated rings. The van der Waals surface area contributed by atoms with Crippen LogP contribution >= 0.6 is 0 Å². The van der Waals surface area contributed by atoms with Gasteiger partial charge in [-0.15, -0.1) is 0 Å². The predicted octanol–water partition coefficient (Wildman–Crippen LogP) is 1.07. The Bertz CT molecular complexity index is 699. The molecular formula is C19H27N5O2. The Hall–Kier alpha value is -2.12. The van der Waals surface area contributed by atoms with Crippen LogP contribution in [0.5, 0.6) is 0 Å². The maximum atomic E-state index is 12.4. The molecule has 2 saturated heterocycles. The normalized spacial score (nSPS) is 19.8. The maximum absolute atomic E-state index is 12.4. The number of anilines is 1. The number of carbonyl (C=O) groups excluding carboxylic acids is 1. The number of amides is 1. The number of aromatic nitrogens is 1. The van der Waals surface area contributed by atoms with E-state index >= 15 is 0 Å². The average Bonchev–Trinajstić information content (AvgIpc) is 3.13. The van der Waals surface area contributed by atoms with E-state index in [0.717, 1.165) is 76.3 Å². The molecule has 1 aromatic carbocycles. The number of nitrogens with zero attached hydrogens (tertiary/aromatic N) is 3. The Balaban J connectivity index is 1.23. The molecule has 2 N–H and O–H groups in total. The van der Waals surface area contributed by atoms with E-state index in [1.807, 2.05) is 24.3 Å². The van der Waals surface area contributed by atoms with Gasteiger partial charge >= 0.3 is 0 Å². The van der Waals surface area contributed by atoms with E-state index in [9.17, 15) is 4.79 Å². The summed E-state index contributed by atoms with van der Waals surface area (Å²) in [5.41, 5.74) is 1.70. The molecule has 2 aliphatic rings. The zero-order valence-corrected chi connectivity index (χ0v) is 15.1. The highest BCUT2D eigenvalue weighted by Gasteiger charge is 2.27. The number of fused-ring (bicyclic) bond motifs is 1. The van der Waals surface area contributed by atoms with Gasteiger partial charge in [0.2, 0.25) is 5.91 Å². The van der Waals surface area contributed by atoms with Crippen LogP contribution in [0.15, 0.2) is 28.7 Å². The number of benzene rings is 1. The van der Waals surface area contributed by atoms with E-state index in [-0.39, 0.29) is 11.8 Å². The van der Waals surface area contributed by atoms with Gasteiger partial charge in [0.05, 0.1) is 0 Å². The summed E-state index contributed by atoms with van der Waals surface area (Å²) in [4.78, 5) is 21.5. The summed E-state index contributed by atoms with van der Waals surface area (Å²) in [7, 11) is 0. The fourth-order valence-corrected chi connectivity index (χ4v) is 3.74. The van der Waals surface area contributed by atoms with Crippen LogP contribution in [0.25, 0.3) is 11.1 Å². The third-order valence-corrected chi connectivity index (χ3v) is 5.36. The number of nitrogens with one attached hydrogen (secondary N) is 2. The Morgan fingerprint density at radius 1 is 1.19 bits per heavy atom. The lowest BCUT2D eigenvalue weighted by atomic mass is 9.96. The van der Waals surface area contributed by atoms with Gasteiger partial charge in [-0.25, -0.2) is 0 Å². The second-order valence-corrected chi connectivity index (χ2v) is 7.11. The van der Waals surface area contributed by atoms with E-state index in [2.05, 4.69) is 25.4 Å². The lowest BCUT2D eigenvalue weighted by Crippen LogP contribution is -2.47. The summed E-state index contributed by atoms with van der Waals surface area (Å²) in [6.45, 7) is 7.52. The van der Waals surface area contributed by atoms with Crippen LogP contribution in [0.3, 0.4) is 0 Å². The molecule has 0 unspecified atom stereocenters. The molecule has 2 aromatic rings. The number of piperazine rings is 1. The zero-order chi connectivity index (χ0) is 17.8. The van der Waals surface area contributed by atoms with Crippen LogP contribution in [0.4, 0.5) is 6.01 Å². The van der Waals surface area contributed by atoms with Crippen molar-refractivity contribution in [3.63, 3.8) is 0 Å². The Morgan fingerprint density at radius 3 is 2.73 bits per heavy atom. The summed E-state index contributed by atoms with van der Waals surface area (Å²) < 4.78 is 5.84. The van der Waals surface area contributed by atoms with Crippen molar-refractivity contribution in [1.29, 1.82) is 0 Å². The second kappa shape index (κ2) is 8.05. The molecule has 140 valence electrons. The third-order valence-electron chi connectivity index (χ3n) is 5.36. The first-order valence-corrected chi connectivity index (χ1v) is 9.61. The molecule has 7 nitrogen and oxygen atoms in total. The second-order valence-electron chi connectivity index (χ2n) is 7.11. The monoisotopic (exact) mass is 357 g/mol. The fourth-order valence-electron chi connectivity index (χ4n) is 3.74. The smallest absolute Gasteiger partial charge is 0.298 e. The van der Waals surface area contributed by atoms with Gasteiger partial charge in [-0.05, 0) is 25.0 Å². The van der Waals surface area contributed by atoms with Gasteiger partial charge in [0.15, 0.2) is 5.58 Å². The Kier molecular flexibility index (Phi) is 5.36. The van der Waals surface area contributed by atoms with Gasteiger partial charge in [-0.2, -0.15) is 4.98 Å². The van der Waals surface area contributed by atoms with Crippen LogP contribution in [-0.2, 0) is 4.79 Å². The lowest BCUT2D eigenvalue weighted by Gasteiger charge is -2.30. The number of carbonyl (C=O) groups is 1. The first kappa shape index (κ1) is 17.3. The highest BCUT2D eigenvalue weighted by Crippen LogP contribution is 2.26. The largest absolute Gasteiger partial charge is 0.423 e. The zero-order valence-electron chi connectivity index (χ0n) is 15.1. The summed E-state index contributed by atoms with van der Waals surface area (Å²) in [5, 5.41) is 6.46. The van der Waals surface area contributed by atoms with Crippen LogP contribution in [0.1, 0.15) is 12.8 Å². The number of oxazole rings is 1. The molecule has 0 radical (unpaired) electrons. The van der Waals surface area contributed by atoms with Crippen molar-refractivity contribution in [2.24, 2.45) is 5.92 Å². The van der Waals surface area contributed by atoms with Gasteiger partial charge in [-0.1, -0.05) is 12.1 Å². The van der Waals surface area contributed by atoms with Crippen molar-refractivity contribution in [3.05, 3.63) is 24.3 Å². The highest BCUT2D eigenvalue weighted by atomic mass is 16.4. The number of rotatable bonds is 5. The molecule has 4 rings (SSSR count). The predicted molar refractivity (Wildman–Crippen MR) is 101 cm³/mol. The summed E-state index contributed by atoms with van der Waals surface area (Å²) in [6.07, 6.45) is 1.69. The summed E-state index contributed by atoms with van der Waals surface area (Å²) in [6, 6.07) is 8.48. The quantitative estimate of drug-likeness (QED) is 0.834. The number of piperidine rings is 1. The molecule has 3 heterocycles. The molecule has 2 aliphatic heterocycles. The van der Waals surface area contributed by atoms with Crippen LogP contribution in [0, 0.1) is 5.92 Å². The van der Waals surface area contributed by atoms with Gasteiger partial charge in [0.25, 0.3) is 6.01 Å². The van der Waals surface area contributed by atoms with Crippen molar-refractivity contribution >= 4 is 23.0 Å². The van der Waals surface area contributed by atoms with Crippen LogP contribution in [0.2, 0.25) is 0 Å². The van der Waals surface area contributed by atoms with Crippen molar-refractivity contribution in [2.75, 3.05) is 57.3 Å². The van der Waals surface area contributed by atoms with E-state index < -0.39 is 0 Å². The first-order chi connectivity index (χ1) is 12.8. The topological polar surface area (TPSA) is 73.6 Å². The van der Waals surface area contributed by atoms with E-state index in [4.69, 9.17) is 4.42 Å². The third kappa shape index (κ3) is 3.99. The van der Waals surface area contributed by atoms with E-state index in [1.165, 1.54) is 0 Å². The molecule has 1 amide bonds. The summed E-state index contributed by atoms with van der Waals surface area (Å²) >= 11 is 0. The van der Waals surface area contributed by atoms with Gasteiger partial charge in [-0.3, -0.25) is 9.69 Å². The van der Waals surface area contributed by atoms with Gasteiger partial charge in [0, 0.05) is 58.3 Å². The van der Waals surface area contributed by atoms with Crippen LogP contribution in [-0.4, -0.2) is 68.1 Å². The fraction of sp³-hybridized carbons (Fsp3) is 0.579. The number of hydrogen-bond acceptors (Lipinski definition) is 6. The Labute approximate surface area is 153 Å². The lowest BCUT2D eigenvalue weighted by molar-refractivity contribution is -0.125.